The molecule has 0 saturated heterocycles. The molecule has 0 bridgehead atoms. The van der Waals surface area contributed by atoms with Crippen molar-refractivity contribution in [1.29, 1.82) is 0 Å². The van der Waals surface area contributed by atoms with Crippen molar-refractivity contribution in [3.8, 4) is 5.75 Å². The minimum absolute atomic E-state index is 0.0227. The third-order valence-corrected chi connectivity index (χ3v) is 3.24. The van der Waals surface area contributed by atoms with Gasteiger partial charge in [0.1, 0.15) is 11.5 Å². The molecule has 1 heterocycles. The number of carbonyl (C=O) groups excluding carboxylic acids is 1. The van der Waals surface area contributed by atoms with E-state index in [1.165, 1.54) is 24.3 Å². The van der Waals surface area contributed by atoms with Crippen LogP contribution in [0.2, 0.25) is 0 Å². The Morgan fingerprint density at radius 1 is 1.35 bits per heavy atom. The maximum atomic E-state index is 13.1. The molecule has 2 rings (SSSR count). The van der Waals surface area contributed by atoms with E-state index in [2.05, 4.69) is 5.10 Å². The molecule has 0 radical (unpaired) electrons. The van der Waals surface area contributed by atoms with Crippen molar-refractivity contribution in [3.63, 3.8) is 0 Å². The highest BCUT2D eigenvalue weighted by Gasteiger charge is 2.53. The number of halogens is 4. The van der Waals surface area contributed by atoms with E-state index < -0.39 is 36.6 Å². The van der Waals surface area contributed by atoms with Crippen LogP contribution in [0.25, 0.3) is 0 Å². The van der Waals surface area contributed by atoms with Crippen LogP contribution in [0, 0.1) is 0 Å². The van der Waals surface area contributed by atoms with Gasteiger partial charge in [0.15, 0.2) is 0 Å². The van der Waals surface area contributed by atoms with Crippen LogP contribution in [0.15, 0.2) is 29.4 Å². The summed E-state index contributed by atoms with van der Waals surface area (Å²) in [6, 6.07) is 5.39. The number of nitrogens with zero attached hydrogens (tertiary/aromatic N) is 2. The number of benzene rings is 1. The van der Waals surface area contributed by atoms with E-state index >= 15 is 0 Å². The van der Waals surface area contributed by atoms with Crippen LogP contribution in [-0.4, -0.2) is 46.9 Å². The summed E-state index contributed by atoms with van der Waals surface area (Å²) in [7, 11) is 0. The van der Waals surface area contributed by atoms with Gasteiger partial charge in [-0.1, -0.05) is 0 Å². The fourth-order valence-corrected chi connectivity index (χ4v) is 2.09. The number of ether oxygens (including phenoxy) is 1. The summed E-state index contributed by atoms with van der Waals surface area (Å²) in [5, 5.41) is 13.1. The Kier molecular flexibility index (Phi) is 4.88. The Hall–Kier alpha value is -2.16. The Morgan fingerprint density at radius 3 is 2.43 bits per heavy atom. The second kappa shape index (κ2) is 6.53. The van der Waals surface area contributed by atoms with Crippen LogP contribution in [0.4, 0.5) is 17.6 Å². The number of amides is 1. The van der Waals surface area contributed by atoms with Gasteiger partial charge in [-0.05, 0) is 31.2 Å². The Balaban J connectivity index is 2.30. The van der Waals surface area contributed by atoms with Crippen molar-refractivity contribution < 1.29 is 32.2 Å². The Morgan fingerprint density at radius 2 is 1.96 bits per heavy atom. The summed E-state index contributed by atoms with van der Waals surface area (Å²) in [6.07, 6.45) is -7.70. The van der Waals surface area contributed by atoms with Gasteiger partial charge in [-0.15, -0.1) is 0 Å². The molecule has 0 fully saturated rings. The van der Waals surface area contributed by atoms with Crippen LogP contribution >= 0.6 is 0 Å². The second-order valence-corrected chi connectivity index (χ2v) is 4.82. The van der Waals surface area contributed by atoms with Crippen LogP contribution in [0.3, 0.4) is 0 Å². The fourth-order valence-electron chi connectivity index (χ4n) is 2.09. The highest BCUT2D eigenvalue weighted by atomic mass is 19.3. The van der Waals surface area contributed by atoms with Crippen molar-refractivity contribution in [2.45, 2.75) is 31.9 Å². The summed E-state index contributed by atoms with van der Waals surface area (Å²) < 4.78 is 56.7. The SMILES string of the molecule is CCOc1ccc(C(=O)N2N=C(C(F)F)C[C@@]2(O)C(F)F)cc1. The maximum Gasteiger partial charge on any atom is 0.287 e. The molecule has 0 unspecified atom stereocenters. The average molecular weight is 334 g/mol. The standard InChI is InChI=1S/C14H14F4N2O3/c1-2-23-9-5-3-8(4-6-9)12(21)20-14(22,13(17)18)7-10(19-20)11(15)16/h3-6,11,13,22H,2,7H2,1H3/t14-/m1/s1. The van der Waals surface area contributed by atoms with Gasteiger partial charge in [-0.3, -0.25) is 4.79 Å². The molecule has 1 atom stereocenters. The summed E-state index contributed by atoms with van der Waals surface area (Å²) in [5.41, 5.74) is -4.14. The van der Waals surface area contributed by atoms with Crippen LogP contribution in [-0.2, 0) is 0 Å². The van der Waals surface area contributed by atoms with E-state index in [0.717, 1.165) is 0 Å². The van der Waals surface area contributed by atoms with Gasteiger partial charge in [0.2, 0.25) is 5.72 Å². The van der Waals surface area contributed by atoms with Crippen molar-refractivity contribution in [1.82, 2.24) is 5.01 Å². The molecule has 0 saturated carbocycles. The van der Waals surface area contributed by atoms with Gasteiger partial charge < -0.3 is 9.84 Å². The number of hydrogen-bond donors (Lipinski definition) is 1. The molecule has 126 valence electrons. The van der Waals surface area contributed by atoms with E-state index in [1.54, 1.807) is 6.92 Å². The fraction of sp³-hybridized carbons (Fsp3) is 0.429. The molecule has 1 aliphatic rings. The van der Waals surface area contributed by atoms with E-state index in [-0.39, 0.29) is 10.6 Å². The third-order valence-electron chi connectivity index (χ3n) is 3.24. The zero-order chi connectivity index (χ0) is 17.2. The summed E-state index contributed by atoms with van der Waals surface area (Å²) in [6.45, 7) is 2.15. The monoisotopic (exact) mass is 334 g/mol. The molecule has 1 aromatic carbocycles. The summed E-state index contributed by atoms with van der Waals surface area (Å²) in [4.78, 5) is 12.2. The maximum absolute atomic E-state index is 13.1. The van der Waals surface area contributed by atoms with Crippen LogP contribution in [0.5, 0.6) is 5.75 Å². The first-order chi connectivity index (χ1) is 10.8. The van der Waals surface area contributed by atoms with Crippen molar-refractivity contribution in [2.75, 3.05) is 6.61 Å². The van der Waals surface area contributed by atoms with E-state index in [9.17, 15) is 27.5 Å². The molecule has 1 amide bonds. The van der Waals surface area contributed by atoms with Gasteiger partial charge >= 0.3 is 0 Å². The smallest absolute Gasteiger partial charge is 0.287 e. The summed E-state index contributed by atoms with van der Waals surface area (Å²) in [5.74, 6) is -0.655. The van der Waals surface area contributed by atoms with Gasteiger partial charge in [0.05, 0.1) is 6.61 Å². The molecule has 23 heavy (non-hydrogen) atoms. The molecule has 1 aliphatic heterocycles. The lowest BCUT2D eigenvalue weighted by Crippen LogP contribution is -2.51. The zero-order valence-electron chi connectivity index (χ0n) is 12.0. The van der Waals surface area contributed by atoms with Gasteiger partial charge in [0.25, 0.3) is 18.8 Å². The number of alkyl halides is 4. The highest BCUT2D eigenvalue weighted by Crippen LogP contribution is 2.34. The predicted molar refractivity (Wildman–Crippen MR) is 72.8 cm³/mol. The van der Waals surface area contributed by atoms with Gasteiger partial charge in [-0.25, -0.2) is 17.6 Å². The van der Waals surface area contributed by atoms with E-state index in [0.29, 0.717) is 12.4 Å². The third kappa shape index (κ3) is 3.29. The molecule has 9 heteroatoms. The molecule has 0 spiro atoms. The van der Waals surface area contributed by atoms with Crippen molar-refractivity contribution in [3.05, 3.63) is 29.8 Å². The number of hydrogen-bond acceptors (Lipinski definition) is 4. The van der Waals surface area contributed by atoms with Gasteiger partial charge in [-0.2, -0.15) is 10.1 Å². The van der Waals surface area contributed by atoms with Crippen LogP contribution < -0.4 is 4.74 Å². The largest absolute Gasteiger partial charge is 0.494 e. The normalized spacial score (nSPS) is 21.0. The molecule has 0 aliphatic carbocycles. The Labute approximate surface area is 129 Å². The minimum Gasteiger partial charge on any atom is -0.494 e. The van der Waals surface area contributed by atoms with E-state index in [4.69, 9.17) is 4.74 Å². The average Bonchev–Trinajstić information content (AvgIpc) is 2.87. The van der Waals surface area contributed by atoms with Gasteiger partial charge in [0, 0.05) is 12.0 Å². The molecular formula is C14H14F4N2O3. The number of rotatable bonds is 5. The second-order valence-electron chi connectivity index (χ2n) is 4.82. The number of aliphatic hydroxyl groups is 1. The molecular weight excluding hydrogens is 320 g/mol. The highest BCUT2D eigenvalue weighted by molar-refractivity contribution is 5.99. The summed E-state index contributed by atoms with van der Waals surface area (Å²) >= 11 is 0. The number of carbonyl (C=O) groups is 1. The first-order valence-electron chi connectivity index (χ1n) is 6.73. The first kappa shape index (κ1) is 17.2. The molecule has 1 N–H and O–H groups in total. The predicted octanol–water partition coefficient (Wildman–Crippen LogP) is 2.51. The molecule has 1 aromatic rings. The molecule has 5 nitrogen and oxygen atoms in total. The Bertz CT molecular complexity index is 607. The van der Waals surface area contributed by atoms with Crippen molar-refractivity contribution >= 4 is 11.6 Å². The lowest BCUT2D eigenvalue weighted by atomic mass is 10.1. The lowest BCUT2D eigenvalue weighted by molar-refractivity contribution is -0.164. The lowest BCUT2D eigenvalue weighted by Gasteiger charge is -2.30. The quantitative estimate of drug-likeness (QED) is 0.842. The minimum atomic E-state index is -3.45. The topological polar surface area (TPSA) is 62.1 Å². The first-order valence-corrected chi connectivity index (χ1v) is 6.73. The van der Waals surface area contributed by atoms with Crippen molar-refractivity contribution in [2.24, 2.45) is 5.10 Å². The number of hydrazone groups is 1. The molecule has 0 aromatic heterocycles. The zero-order valence-corrected chi connectivity index (χ0v) is 12.0. The van der Waals surface area contributed by atoms with E-state index in [1.807, 2.05) is 0 Å². The van der Waals surface area contributed by atoms with Crippen LogP contribution in [0.1, 0.15) is 23.7 Å².